The number of hydrogen-bond acceptors (Lipinski definition) is 7. The molecule has 148 valence electrons. The number of hydrazone groups is 1. The van der Waals surface area contributed by atoms with Gasteiger partial charge in [-0.2, -0.15) is 5.10 Å². The lowest BCUT2D eigenvalue weighted by molar-refractivity contribution is -0.393. The largest absolute Gasteiger partial charge is 0.497 e. The van der Waals surface area contributed by atoms with Crippen LogP contribution in [0, 0.1) is 27.2 Å². The zero-order valence-electron chi connectivity index (χ0n) is 15.6. The number of nitro benzene ring substituents is 2. The highest BCUT2D eigenvalue weighted by molar-refractivity contribution is 5.81. The van der Waals surface area contributed by atoms with Crippen molar-refractivity contribution in [2.75, 3.05) is 12.5 Å². The normalized spacial score (nSPS) is 10.8. The van der Waals surface area contributed by atoms with Crippen LogP contribution in [-0.4, -0.2) is 27.7 Å². The molecule has 2 aromatic carbocycles. The van der Waals surface area contributed by atoms with Crippen LogP contribution < -0.4 is 10.2 Å². The van der Waals surface area contributed by atoms with Crippen molar-refractivity contribution in [3.05, 3.63) is 86.2 Å². The SMILES string of the molecule is COc1ccc(-n2cc(/C=N\Nc3ccc([N+](=O)[O-])cc3[N+](=O)[O-])cc2C)cc1. The zero-order valence-corrected chi connectivity index (χ0v) is 15.6. The summed E-state index contributed by atoms with van der Waals surface area (Å²) in [5.41, 5.74) is 4.53. The summed E-state index contributed by atoms with van der Waals surface area (Å²) in [4.78, 5) is 20.6. The van der Waals surface area contributed by atoms with Crippen molar-refractivity contribution >= 4 is 23.3 Å². The molecule has 0 aliphatic rings. The highest BCUT2D eigenvalue weighted by atomic mass is 16.6. The first-order valence-corrected chi connectivity index (χ1v) is 8.44. The molecule has 1 N–H and O–H groups in total. The number of nitro groups is 2. The first kappa shape index (κ1) is 19.5. The van der Waals surface area contributed by atoms with E-state index in [4.69, 9.17) is 4.74 Å². The Morgan fingerprint density at radius 3 is 2.41 bits per heavy atom. The number of anilines is 1. The molecule has 0 radical (unpaired) electrons. The Hall–Kier alpha value is -4.21. The smallest absolute Gasteiger partial charge is 0.301 e. The Morgan fingerprint density at radius 1 is 1.07 bits per heavy atom. The molecule has 3 rings (SSSR count). The fourth-order valence-corrected chi connectivity index (χ4v) is 2.75. The minimum atomic E-state index is -0.699. The lowest BCUT2D eigenvalue weighted by Crippen LogP contribution is -1.98. The first-order valence-electron chi connectivity index (χ1n) is 8.44. The van der Waals surface area contributed by atoms with Crippen LogP contribution >= 0.6 is 0 Å². The summed E-state index contributed by atoms with van der Waals surface area (Å²) in [5.74, 6) is 0.759. The Bertz CT molecular complexity index is 1090. The van der Waals surface area contributed by atoms with Crippen LogP contribution in [0.4, 0.5) is 17.1 Å². The van der Waals surface area contributed by atoms with Crippen LogP contribution in [0.5, 0.6) is 5.75 Å². The van der Waals surface area contributed by atoms with Gasteiger partial charge >= 0.3 is 5.69 Å². The minimum absolute atomic E-state index is 0.0585. The van der Waals surface area contributed by atoms with Gasteiger partial charge in [0.2, 0.25) is 0 Å². The third kappa shape index (κ3) is 4.38. The number of aromatic nitrogens is 1. The number of non-ortho nitro benzene ring substituents is 1. The van der Waals surface area contributed by atoms with Crippen molar-refractivity contribution in [1.82, 2.24) is 4.57 Å². The van der Waals surface area contributed by atoms with E-state index in [-0.39, 0.29) is 11.4 Å². The number of rotatable bonds is 7. The van der Waals surface area contributed by atoms with Crippen LogP contribution in [0.1, 0.15) is 11.3 Å². The van der Waals surface area contributed by atoms with Crippen molar-refractivity contribution in [3.63, 3.8) is 0 Å². The molecule has 0 amide bonds. The molecule has 0 bridgehead atoms. The molecule has 0 unspecified atom stereocenters. The fourth-order valence-electron chi connectivity index (χ4n) is 2.75. The van der Waals surface area contributed by atoms with E-state index in [1.54, 1.807) is 7.11 Å². The van der Waals surface area contributed by atoms with Crippen molar-refractivity contribution in [2.45, 2.75) is 6.92 Å². The quantitative estimate of drug-likeness (QED) is 0.365. The van der Waals surface area contributed by atoms with Gasteiger partial charge in [0.05, 0.1) is 29.2 Å². The first-order chi connectivity index (χ1) is 13.9. The van der Waals surface area contributed by atoms with E-state index in [2.05, 4.69) is 10.5 Å². The maximum absolute atomic E-state index is 11.2. The highest BCUT2D eigenvalue weighted by Gasteiger charge is 2.19. The van der Waals surface area contributed by atoms with Gasteiger partial charge in [-0.3, -0.25) is 25.7 Å². The second-order valence-electron chi connectivity index (χ2n) is 6.07. The number of ether oxygens (including phenoxy) is 1. The van der Waals surface area contributed by atoms with Gasteiger partial charge < -0.3 is 9.30 Å². The second kappa shape index (κ2) is 8.21. The monoisotopic (exact) mass is 395 g/mol. The standard InChI is InChI=1S/C19H17N5O5/c1-13-9-14(12-22(13)15-3-6-17(29-2)7-4-15)11-20-21-18-8-5-16(23(25)26)10-19(18)24(27)28/h3-12,21H,1-2H3/b20-11-. The predicted molar refractivity (Wildman–Crippen MR) is 108 cm³/mol. The van der Waals surface area contributed by atoms with E-state index < -0.39 is 15.5 Å². The molecule has 10 heteroatoms. The van der Waals surface area contributed by atoms with Crippen molar-refractivity contribution < 1.29 is 14.6 Å². The summed E-state index contributed by atoms with van der Waals surface area (Å²) in [6.45, 7) is 1.94. The van der Waals surface area contributed by atoms with Gasteiger partial charge in [-0.1, -0.05) is 0 Å². The topological polar surface area (TPSA) is 125 Å². The minimum Gasteiger partial charge on any atom is -0.497 e. The van der Waals surface area contributed by atoms with E-state index in [0.717, 1.165) is 28.8 Å². The molecule has 1 heterocycles. The molecule has 29 heavy (non-hydrogen) atoms. The van der Waals surface area contributed by atoms with Gasteiger partial charge in [0.1, 0.15) is 11.4 Å². The van der Waals surface area contributed by atoms with Crippen molar-refractivity contribution in [1.29, 1.82) is 0 Å². The summed E-state index contributed by atoms with van der Waals surface area (Å²) in [6, 6.07) is 12.8. The van der Waals surface area contributed by atoms with Gasteiger partial charge in [-0.15, -0.1) is 0 Å². The van der Waals surface area contributed by atoms with E-state index in [1.165, 1.54) is 18.3 Å². The summed E-state index contributed by atoms with van der Waals surface area (Å²) < 4.78 is 7.13. The van der Waals surface area contributed by atoms with Crippen LogP contribution in [0.3, 0.4) is 0 Å². The van der Waals surface area contributed by atoms with Gasteiger partial charge in [0.15, 0.2) is 0 Å². The molecule has 0 saturated heterocycles. The number of benzene rings is 2. The van der Waals surface area contributed by atoms with Gasteiger partial charge in [0.25, 0.3) is 5.69 Å². The molecule has 0 spiro atoms. The zero-order chi connectivity index (χ0) is 21.0. The molecule has 10 nitrogen and oxygen atoms in total. The van der Waals surface area contributed by atoms with Crippen LogP contribution in [0.2, 0.25) is 0 Å². The molecule has 0 aliphatic carbocycles. The Morgan fingerprint density at radius 2 is 1.79 bits per heavy atom. The molecule has 0 fully saturated rings. The Balaban J connectivity index is 1.79. The average Bonchev–Trinajstić information content (AvgIpc) is 3.08. The fraction of sp³-hybridized carbons (Fsp3) is 0.105. The average molecular weight is 395 g/mol. The van der Waals surface area contributed by atoms with Crippen molar-refractivity contribution in [2.24, 2.45) is 5.10 Å². The maximum Gasteiger partial charge on any atom is 0.301 e. The molecule has 3 aromatic rings. The summed E-state index contributed by atoms with van der Waals surface area (Å²) in [6.07, 6.45) is 3.38. The van der Waals surface area contributed by atoms with Crippen molar-refractivity contribution in [3.8, 4) is 11.4 Å². The number of hydrogen-bond donors (Lipinski definition) is 1. The Kier molecular flexibility index (Phi) is 5.54. The highest BCUT2D eigenvalue weighted by Crippen LogP contribution is 2.29. The summed E-state index contributed by atoms with van der Waals surface area (Å²) in [5, 5.41) is 26.0. The predicted octanol–water partition coefficient (Wildman–Crippen LogP) is 4.06. The lowest BCUT2D eigenvalue weighted by atomic mass is 10.2. The molecular weight excluding hydrogens is 378 g/mol. The summed E-state index contributed by atoms with van der Waals surface area (Å²) >= 11 is 0. The second-order valence-corrected chi connectivity index (χ2v) is 6.07. The number of methoxy groups -OCH3 is 1. The maximum atomic E-state index is 11.2. The number of nitrogens with one attached hydrogen (secondary N) is 1. The third-order valence-corrected chi connectivity index (χ3v) is 4.17. The van der Waals surface area contributed by atoms with E-state index in [9.17, 15) is 20.2 Å². The van der Waals surface area contributed by atoms with Crippen LogP contribution in [-0.2, 0) is 0 Å². The van der Waals surface area contributed by atoms with Crippen LogP contribution in [0.25, 0.3) is 5.69 Å². The number of nitrogens with zero attached hydrogens (tertiary/aromatic N) is 4. The van der Waals surface area contributed by atoms with E-state index in [0.29, 0.717) is 0 Å². The molecule has 0 saturated carbocycles. The lowest BCUT2D eigenvalue weighted by Gasteiger charge is -2.06. The van der Waals surface area contributed by atoms with Gasteiger partial charge in [-0.05, 0) is 43.3 Å². The number of aryl methyl sites for hydroxylation is 1. The molecule has 0 atom stereocenters. The molecular formula is C19H17N5O5. The van der Waals surface area contributed by atoms with Gasteiger partial charge in [0, 0.05) is 29.2 Å². The third-order valence-electron chi connectivity index (χ3n) is 4.17. The summed E-state index contributed by atoms with van der Waals surface area (Å²) in [7, 11) is 1.60. The molecule has 0 aliphatic heterocycles. The molecule has 1 aromatic heterocycles. The Labute approximate surface area is 165 Å². The van der Waals surface area contributed by atoms with E-state index >= 15 is 0 Å². The van der Waals surface area contributed by atoms with Gasteiger partial charge in [-0.25, -0.2) is 0 Å². The van der Waals surface area contributed by atoms with Crippen LogP contribution in [0.15, 0.2) is 59.8 Å². The van der Waals surface area contributed by atoms with E-state index in [1.807, 2.05) is 48.0 Å².